The van der Waals surface area contributed by atoms with E-state index in [-0.39, 0.29) is 24.6 Å². The summed E-state index contributed by atoms with van der Waals surface area (Å²) in [4.78, 5) is 12.0. The molecule has 7 nitrogen and oxygen atoms in total. The van der Waals surface area contributed by atoms with Gasteiger partial charge in [0, 0.05) is 13.1 Å². The molecular formula is C12H17N3O4S. The Hall–Kier alpha value is -1.80. The number of ether oxygens (including phenoxy) is 1. The molecule has 0 bridgehead atoms. The number of hydrogen-bond donors (Lipinski definition) is 3. The molecule has 1 amide bonds. The molecule has 1 aromatic rings. The smallest absolute Gasteiger partial charge is 0.255 e. The number of carbonyl (C=O) groups excluding carboxylic acids is 1. The van der Waals surface area contributed by atoms with Gasteiger partial charge >= 0.3 is 0 Å². The third-order valence-corrected chi connectivity index (χ3v) is 3.67. The van der Waals surface area contributed by atoms with Gasteiger partial charge in [0.05, 0.1) is 17.0 Å². The van der Waals surface area contributed by atoms with E-state index < -0.39 is 10.0 Å². The van der Waals surface area contributed by atoms with Crippen molar-refractivity contribution >= 4 is 21.6 Å². The lowest BCUT2D eigenvalue weighted by atomic mass is 10.1. The zero-order chi connectivity index (χ0) is 14.6. The maximum Gasteiger partial charge on any atom is 0.255 e. The van der Waals surface area contributed by atoms with E-state index in [2.05, 4.69) is 10.6 Å². The van der Waals surface area contributed by atoms with Crippen molar-refractivity contribution in [1.29, 1.82) is 0 Å². The van der Waals surface area contributed by atoms with E-state index in [1.807, 2.05) is 6.07 Å². The molecule has 0 spiro atoms. The van der Waals surface area contributed by atoms with E-state index >= 15 is 0 Å². The predicted molar refractivity (Wildman–Crippen MR) is 75.4 cm³/mol. The van der Waals surface area contributed by atoms with Crippen molar-refractivity contribution in [2.45, 2.75) is 6.42 Å². The van der Waals surface area contributed by atoms with Crippen LogP contribution in [0.15, 0.2) is 18.2 Å². The molecule has 0 unspecified atom stereocenters. The van der Waals surface area contributed by atoms with Crippen LogP contribution in [0.1, 0.15) is 16.8 Å². The highest BCUT2D eigenvalue weighted by atomic mass is 32.2. The minimum atomic E-state index is -3.49. The molecule has 0 aromatic heterocycles. The summed E-state index contributed by atoms with van der Waals surface area (Å²) in [6.07, 6.45) is 0.276. The number of amides is 1. The van der Waals surface area contributed by atoms with Gasteiger partial charge in [0.15, 0.2) is 5.75 Å². The van der Waals surface area contributed by atoms with E-state index in [1.54, 1.807) is 12.1 Å². The van der Waals surface area contributed by atoms with E-state index in [9.17, 15) is 13.2 Å². The number of benzene rings is 1. The maximum absolute atomic E-state index is 12.0. The lowest BCUT2D eigenvalue weighted by Gasteiger charge is -2.21. The molecule has 0 saturated heterocycles. The Balaban J connectivity index is 1.96. The van der Waals surface area contributed by atoms with Gasteiger partial charge in [0.25, 0.3) is 5.91 Å². The van der Waals surface area contributed by atoms with Gasteiger partial charge < -0.3 is 15.4 Å². The minimum Gasteiger partial charge on any atom is -0.489 e. The van der Waals surface area contributed by atoms with Gasteiger partial charge in [-0.2, -0.15) is 0 Å². The summed E-state index contributed by atoms with van der Waals surface area (Å²) in [5.74, 6) is 0.0840. The number of hydrogen-bond acceptors (Lipinski definition) is 5. The maximum atomic E-state index is 12.0. The number of para-hydroxylation sites is 1. The summed E-state index contributed by atoms with van der Waals surface area (Å²) in [7, 11) is -3.49. The normalized spacial score (nSPS) is 13.8. The number of primary sulfonamides is 1. The van der Waals surface area contributed by atoms with Crippen LogP contribution in [0.3, 0.4) is 0 Å². The van der Waals surface area contributed by atoms with Crippen LogP contribution in [0.25, 0.3) is 0 Å². The highest BCUT2D eigenvalue weighted by molar-refractivity contribution is 7.89. The van der Waals surface area contributed by atoms with Crippen LogP contribution in [-0.2, 0) is 10.0 Å². The van der Waals surface area contributed by atoms with Gasteiger partial charge in [-0.15, -0.1) is 0 Å². The molecule has 1 aliphatic heterocycles. The zero-order valence-electron chi connectivity index (χ0n) is 10.9. The van der Waals surface area contributed by atoms with Crippen molar-refractivity contribution in [3.05, 3.63) is 23.8 Å². The molecule has 110 valence electrons. The molecule has 8 heteroatoms. The second kappa shape index (κ2) is 6.10. The fraction of sp³-hybridized carbons (Fsp3) is 0.417. The van der Waals surface area contributed by atoms with Gasteiger partial charge in [-0.1, -0.05) is 6.07 Å². The first kappa shape index (κ1) is 14.6. The molecule has 0 atom stereocenters. The monoisotopic (exact) mass is 299 g/mol. The van der Waals surface area contributed by atoms with Crippen LogP contribution >= 0.6 is 0 Å². The summed E-state index contributed by atoms with van der Waals surface area (Å²) in [5.41, 5.74) is 1.22. The summed E-state index contributed by atoms with van der Waals surface area (Å²) in [6, 6.07) is 5.27. The van der Waals surface area contributed by atoms with Crippen LogP contribution < -0.4 is 20.5 Å². The van der Waals surface area contributed by atoms with Crippen LogP contribution in [0.4, 0.5) is 5.69 Å². The summed E-state index contributed by atoms with van der Waals surface area (Å²) in [6.45, 7) is 1.45. The molecule has 0 aliphatic carbocycles. The second-order valence-corrected chi connectivity index (χ2v) is 6.17. The Morgan fingerprint density at radius 2 is 2.25 bits per heavy atom. The van der Waals surface area contributed by atoms with Gasteiger partial charge in [0.2, 0.25) is 10.0 Å². The van der Waals surface area contributed by atoms with Crippen molar-refractivity contribution in [3.63, 3.8) is 0 Å². The van der Waals surface area contributed by atoms with E-state index in [0.29, 0.717) is 24.5 Å². The van der Waals surface area contributed by atoms with Crippen molar-refractivity contribution in [1.82, 2.24) is 5.32 Å². The average Bonchev–Trinajstić information content (AvgIpc) is 2.41. The standard InChI is InChI=1S/C12H17N3O4S/c13-20(17,18)8-2-5-15-12(16)9-3-1-4-10-11(9)19-7-6-14-10/h1,3-4,14H,2,5-8H2,(H,15,16)(H2,13,17,18). The SMILES string of the molecule is NS(=O)(=O)CCCNC(=O)c1cccc2c1OCCN2. The topological polar surface area (TPSA) is 111 Å². The van der Waals surface area contributed by atoms with Crippen molar-refractivity contribution in [3.8, 4) is 5.75 Å². The zero-order valence-corrected chi connectivity index (χ0v) is 11.7. The molecule has 0 saturated carbocycles. The lowest BCUT2D eigenvalue weighted by molar-refractivity contribution is 0.0949. The first-order chi connectivity index (χ1) is 9.47. The summed E-state index contributed by atoms with van der Waals surface area (Å²) >= 11 is 0. The molecule has 1 aliphatic rings. The number of rotatable bonds is 5. The summed E-state index contributed by atoms with van der Waals surface area (Å²) in [5, 5.41) is 10.7. The highest BCUT2D eigenvalue weighted by Gasteiger charge is 2.18. The Kier molecular flexibility index (Phi) is 4.46. The summed E-state index contributed by atoms with van der Waals surface area (Å²) < 4.78 is 27.0. The lowest BCUT2D eigenvalue weighted by Crippen LogP contribution is -2.29. The number of sulfonamides is 1. The molecule has 0 radical (unpaired) electrons. The van der Waals surface area contributed by atoms with E-state index in [4.69, 9.17) is 9.88 Å². The molecule has 20 heavy (non-hydrogen) atoms. The van der Waals surface area contributed by atoms with E-state index in [0.717, 1.165) is 5.69 Å². The Labute approximate surface area is 117 Å². The third kappa shape index (κ3) is 3.84. The first-order valence-electron chi connectivity index (χ1n) is 6.26. The molecular weight excluding hydrogens is 282 g/mol. The number of anilines is 1. The molecule has 4 N–H and O–H groups in total. The van der Waals surface area contributed by atoms with Crippen LogP contribution in [0.2, 0.25) is 0 Å². The number of fused-ring (bicyclic) bond motifs is 1. The molecule has 1 heterocycles. The van der Waals surface area contributed by atoms with Crippen LogP contribution in [0, 0.1) is 0 Å². The number of nitrogens with one attached hydrogen (secondary N) is 2. The second-order valence-electron chi connectivity index (χ2n) is 4.43. The highest BCUT2D eigenvalue weighted by Crippen LogP contribution is 2.30. The molecule has 1 aromatic carbocycles. The third-order valence-electron chi connectivity index (χ3n) is 2.81. The van der Waals surface area contributed by atoms with Gasteiger partial charge in [-0.25, -0.2) is 13.6 Å². The quantitative estimate of drug-likeness (QED) is 0.658. The average molecular weight is 299 g/mol. The fourth-order valence-corrected chi connectivity index (χ4v) is 2.47. The van der Waals surface area contributed by atoms with Crippen molar-refractivity contribution < 1.29 is 17.9 Å². The minimum absolute atomic E-state index is 0.155. The Bertz CT molecular complexity index is 601. The molecule has 0 fully saturated rings. The number of nitrogens with two attached hydrogens (primary N) is 1. The molecule has 2 rings (SSSR count). The Morgan fingerprint density at radius 1 is 1.45 bits per heavy atom. The van der Waals surface area contributed by atoms with Crippen molar-refractivity contribution in [2.75, 3.05) is 30.8 Å². The van der Waals surface area contributed by atoms with Gasteiger partial charge in [0.1, 0.15) is 6.61 Å². The van der Waals surface area contributed by atoms with Crippen LogP contribution in [0.5, 0.6) is 5.75 Å². The predicted octanol–water partition coefficient (Wildman–Crippen LogP) is -0.101. The largest absolute Gasteiger partial charge is 0.489 e. The number of carbonyl (C=O) groups is 1. The fourth-order valence-electron chi connectivity index (χ4n) is 1.92. The van der Waals surface area contributed by atoms with Crippen LogP contribution in [-0.4, -0.2) is 39.8 Å². The Morgan fingerprint density at radius 3 is 3.00 bits per heavy atom. The first-order valence-corrected chi connectivity index (χ1v) is 7.97. The van der Waals surface area contributed by atoms with E-state index in [1.165, 1.54) is 0 Å². The van der Waals surface area contributed by atoms with Crippen molar-refractivity contribution in [2.24, 2.45) is 5.14 Å². The van der Waals surface area contributed by atoms with Gasteiger partial charge in [-0.05, 0) is 18.6 Å². The van der Waals surface area contributed by atoms with Gasteiger partial charge in [-0.3, -0.25) is 4.79 Å².